The summed E-state index contributed by atoms with van der Waals surface area (Å²) in [7, 11) is 0. The van der Waals surface area contributed by atoms with Crippen LogP contribution < -0.4 is 0 Å². The van der Waals surface area contributed by atoms with Gasteiger partial charge in [-0.1, -0.05) is 50.6 Å². The second kappa shape index (κ2) is 7.43. The van der Waals surface area contributed by atoms with E-state index in [1.54, 1.807) is 4.90 Å². The van der Waals surface area contributed by atoms with E-state index in [0.717, 1.165) is 24.8 Å². The van der Waals surface area contributed by atoms with Crippen molar-refractivity contribution in [2.24, 2.45) is 5.92 Å². The van der Waals surface area contributed by atoms with E-state index in [1.807, 2.05) is 30.3 Å². The summed E-state index contributed by atoms with van der Waals surface area (Å²) in [6.45, 7) is 4.86. The number of carboxylic acid groups (broad SMARTS) is 1. The Morgan fingerprint density at radius 3 is 2.59 bits per heavy atom. The third-order valence-electron chi connectivity index (χ3n) is 4.71. The van der Waals surface area contributed by atoms with E-state index >= 15 is 0 Å². The lowest BCUT2D eigenvalue weighted by atomic mass is 9.84. The first-order valence-corrected chi connectivity index (χ1v) is 8.11. The normalized spacial score (nSPS) is 20.6. The van der Waals surface area contributed by atoms with Gasteiger partial charge in [-0.15, -0.1) is 0 Å². The number of likely N-dealkylation sites (tertiary alicyclic amines) is 1. The van der Waals surface area contributed by atoms with E-state index in [9.17, 15) is 9.59 Å². The van der Waals surface area contributed by atoms with E-state index in [4.69, 9.17) is 5.11 Å². The number of hydrogen-bond acceptors (Lipinski definition) is 2. The average Bonchev–Trinajstić information content (AvgIpc) is 2.95. The van der Waals surface area contributed by atoms with Crippen molar-refractivity contribution in [3.05, 3.63) is 35.9 Å². The van der Waals surface area contributed by atoms with Crippen molar-refractivity contribution >= 4 is 11.9 Å². The van der Waals surface area contributed by atoms with Crippen molar-refractivity contribution in [3.8, 4) is 0 Å². The summed E-state index contributed by atoms with van der Waals surface area (Å²) in [5.74, 6) is -0.685. The Balaban J connectivity index is 2.23. The van der Waals surface area contributed by atoms with Gasteiger partial charge < -0.3 is 10.0 Å². The Kier molecular flexibility index (Phi) is 5.58. The molecule has 3 unspecified atom stereocenters. The van der Waals surface area contributed by atoms with Gasteiger partial charge in [0.1, 0.15) is 0 Å². The number of carbonyl (C=O) groups excluding carboxylic acids is 1. The molecule has 120 valence electrons. The number of nitrogens with zero attached hydrogens (tertiary/aromatic N) is 1. The first kappa shape index (κ1) is 16.5. The summed E-state index contributed by atoms with van der Waals surface area (Å²) < 4.78 is 0. The number of aliphatic carboxylic acids is 1. The van der Waals surface area contributed by atoms with Gasteiger partial charge in [-0.25, -0.2) is 0 Å². The molecule has 1 heterocycles. The Labute approximate surface area is 132 Å². The van der Waals surface area contributed by atoms with Crippen molar-refractivity contribution in [2.45, 2.75) is 51.5 Å². The molecule has 0 aliphatic carbocycles. The largest absolute Gasteiger partial charge is 0.481 e. The van der Waals surface area contributed by atoms with Crippen LogP contribution in [0.3, 0.4) is 0 Å². The minimum atomic E-state index is -0.829. The van der Waals surface area contributed by atoms with Crippen LogP contribution in [0.5, 0.6) is 0 Å². The lowest BCUT2D eigenvalue weighted by molar-refractivity contribution is -0.140. The predicted molar refractivity (Wildman–Crippen MR) is 85.6 cm³/mol. The highest BCUT2D eigenvalue weighted by atomic mass is 16.4. The predicted octanol–water partition coefficient (Wildman–Crippen LogP) is 3.28. The fourth-order valence-electron chi connectivity index (χ4n) is 3.33. The smallest absolute Gasteiger partial charge is 0.305 e. The fraction of sp³-hybridized carbons (Fsp3) is 0.556. The molecule has 2 rings (SSSR count). The zero-order chi connectivity index (χ0) is 16.1. The van der Waals surface area contributed by atoms with Gasteiger partial charge in [0.05, 0.1) is 12.3 Å². The number of amides is 1. The number of rotatable bonds is 6. The first-order chi connectivity index (χ1) is 10.5. The molecule has 22 heavy (non-hydrogen) atoms. The van der Waals surface area contributed by atoms with Crippen molar-refractivity contribution in [1.29, 1.82) is 0 Å². The van der Waals surface area contributed by atoms with Crippen LogP contribution in [0.15, 0.2) is 30.3 Å². The molecule has 0 aromatic heterocycles. The molecule has 1 aromatic rings. The maximum atomic E-state index is 13.1. The molecule has 1 amide bonds. The van der Waals surface area contributed by atoms with Gasteiger partial charge in [-0.3, -0.25) is 9.59 Å². The van der Waals surface area contributed by atoms with Crippen molar-refractivity contribution < 1.29 is 14.7 Å². The molecule has 0 saturated carbocycles. The highest BCUT2D eigenvalue weighted by Crippen LogP contribution is 2.32. The van der Waals surface area contributed by atoms with E-state index < -0.39 is 5.97 Å². The zero-order valence-electron chi connectivity index (χ0n) is 13.4. The topological polar surface area (TPSA) is 57.6 Å². The average molecular weight is 303 g/mol. The van der Waals surface area contributed by atoms with Crippen LogP contribution >= 0.6 is 0 Å². The Morgan fingerprint density at radius 1 is 1.32 bits per heavy atom. The molecule has 4 heteroatoms. The first-order valence-electron chi connectivity index (χ1n) is 8.11. The second-order valence-corrected chi connectivity index (χ2v) is 6.20. The number of hydrogen-bond donors (Lipinski definition) is 1. The van der Waals surface area contributed by atoms with Gasteiger partial charge in [0.2, 0.25) is 5.91 Å². The van der Waals surface area contributed by atoms with Gasteiger partial charge in [0, 0.05) is 12.6 Å². The van der Waals surface area contributed by atoms with E-state index in [0.29, 0.717) is 6.54 Å². The second-order valence-electron chi connectivity index (χ2n) is 6.20. The fourth-order valence-corrected chi connectivity index (χ4v) is 3.33. The summed E-state index contributed by atoms with van der Waals surface area (Å²) in [6, 6.07) is 9.70. The van der Waals surface area contributed by atoms with E-state index in [1.165, 1.54) is 0 Å². The van der Waals surface area contributed by atoms with Crippen molar-refractivity contribution in [2.75, 3.05) is 6.54 Å². The molecule has 1 aliphatic rings. The molecule has 1 fully saturated rings. The molecule has 1 N–H and O–H groups in total. The molecule has 4 nitrogen and oxygen atoms in total. The van der Waals surface area contributed by atoms with Gasteiger partial charge in [-0.2, -0.15) is 0 Å². The van der Waals surface area contributed by atoms with Gasteiger partial charge in [0.15, 0.2) is 0 Å². The van der Waals surface area contributed by atoms with Crippen LogP contribution in [0, 0.1) is 5.92 Å². The van der Waals surface area contributed by atoms with Gasteiger partial charge in [-0.05, 0) is 24.3 Å². The quantitative estimate of drug-likeness (QED) is 0.877. The van der Waals surface area contributed by atoms with Gasteiger partial charge in [0.25, 0.3) is 0 Å². The lowest BCUT2D eigenvalue weighted by Crippen LogP contribution is -2.41. The Hall–Kier alpha value is -1.84. The molecule has 0 spiro atoms. The molecular formula is C18H25NO3. The third kappa shape index (κ3) is 3.67. The van der Waals surface area contributed by atoms with Crippen molar-refractivity contribution in [3.63, 3.8) is 0 Å². The number of carboxylic acids is 1. The summed E-state index contributed by atoms with van der Waals surface area (Å²) in [5, 5.41) is 9.05. The van der Waals surface area contributed by atoms with Crippen LogP contribution in [0.25, 0.3) is 0 Å². The van der Waals surface area contributed by atoms with Crippen LogP contribution in [-0.2, 0) is 9.59 Å². The molecule has 1 aliphatic heterocycles. The minimum absolute atomic E-state index is 0.0494. The third-order valence-corrected chi connectivity index (χ3v) is 4.71. The van der Waals surface area contributed by atoms with Crippen LogP contribution in [-0.4, -0.2) is 34.5 Å². The number of carbonyl (C=O) groups is 2. The van der Waals surface area contributed by atoms with Crippen molar-refractivity contribution in [1.82, 2.24) is 4.90 Å². The van der Waals surface area contributed by atoms with Gasteiger partial charge >= 0.3 is 5.97 Å². The molecule has 1 aromatic carbocycles. The lowest BCUT2D eigenvalue weighted by Gasteiger charge is -2.31. The minimum Gasteiger partial charge on any atom is -0.481 e. The van der Waals surface area contributed by atoms with E-state index in [-0.39, 0.29) is 30.2 Å². The molecule has 3 atom stereocenters. The molecule has 0 radical (unpaired) electrons. The maximum absolute atomic E-state index is 13.1. The Bertz CT molecular complexity index is 514. The summed E-state index contributed by atoms with van der Waals surface area (Å²) in [5.41, 5.74) is 1.03. The Morgan fingerprint density at radius 2 is 2.00 bits per heavy atom. The summed E-state index contributed by atoms with van der Waals surface area (Å²) >= 11 is 0. The van der Waals surface area contributed by atoms with Crippen LogP contribution in [0.1, 0.15) is 51.0 Å². The maximum Gasteiger partial charge on any atom is 0.305 e. The number of benzene rings is 1. The zero-order valence-corrected chi connectivity index (χ0v) is 13.4. The molecule has 0 bridgehead atoms. The standard InChI is InChI=1S/C18H25NO3/c1-3-13(2)17(14-8-5-4-6-9-14)18(22)19-11-7-10-15(19)12-16(20)21/h4-6,8-9,13,15,17H,3,7,10-12H2,1-2H3,(H,20,21). The summed E-state index contributed by atoms with van der Waals surface area (Å²) in [6.07, 6.45) is 2.66. The molecular weight excluding hydrogens is 278 g/mol. The highest BCUT2D eigenvalue weighted by Gasteiger charge is 2.36. The van der Waals surface area contributed by atoms with Crippen LogP contribution in [0.2, 0.25) is 0 Å². The monoisotopic (exact) mass is 303 g/mol. The van der Waals surface area contributed by atoms with Crippen LogP contribution in [0.4, 0.5) is 0 Å². The SMILES string of the molecule is CCC(C)C(C(=O)N1CCCC1CC(=O)O)c1ccccc1. The summed E-state index contributed by atoms with van der Waals surface area (Å²) in [4.78, 5) is 25.9. The van der Waals surface area contributed by atoms with E-state index in [2.05, 4.69) is 13.8 Å². The molecule has 1 saturated heterocycles. The highest BCUT2D eigenvalue weighted by molar-refractivity contribution is 5.85.